The zero-order valence-corrected chi connectivity index (χ0v) is 20.5. The molecule has 28 heavy (non-hydrogen) atoms. The van der Waals surface area contributed by atoms with Crippen LogP contribution in [0.4, 0.5) is 4.79 Å². The maximum Gasteiger partial charge on any atom is 0.407 e. The SMILES string of the molecule is CCNC(=NCC1CCCN1CCOC)NCCCNC(=O)OC(C)(C)C.I. The Kier molecular flexibility index (Phi) is 14.6. The van der Waals surface area contributed by atoms with Crippen molar-refractivity contribution in [2.75, 3.05) is 53.0 Å². The predicted octanol–water partition coefficient (Wildman–Crippen LogP) is 2.19. The molecule has 1 rings (SSSR count). The first-order chi connectivity index (χ1) is 12.9. The zero-order valence-electron chi connectivity index (χ0n) is 18.2. The van der Waals surface area contributed by atoms with E-state index in [2.05, 4.69) is 27.8 Å². The minimum atomic E-state index is -0.468. The van der Waals surface area contributed by atoms with Crippen LogP contribution in [0.2, 0.25) is 0 Å². The number of methoxy groups -OCH3 is 1. The van der Waals surface area contributed by atoms with E-state index >= 15 is 0 Å². The highest BCUT2D eigenvalue weighted by atomic mass is 127. The molecule has 0 aromatic carbocycles. The molecule has 1 heterocycles. The van der Waals surface area contributed by atoms with Crippen LogP contribution in [0.3, 0.4) is 0 Å². The van der Waals surface area contributed by atoms with Gasteiger partial charge in [0.25, 0.3) is 0 Å². The molecule has 0 bridgehead atoms. The fourth-order valence-electron chi connectivity index (χ4n) is 2.94. The van der Waals surface area contributed by atoms with Crippen LogP contribution < -0.4 is 16.0 Å². The topological polar surface area (TPSA) is 87.2 Å². The van der Waals surface area contributed by atoms with Gasteiger partial charge in [0.1, 0.15) is 5.60 Å². The van der Waals surface area contributed by atoms with Gasteiger partial charge >= 0.3 is 6.09 Å². The molecule has 1 aliphatic heterocycles. The molecule has 8 nitrogen and oxygen atoms in total. The lowest BCUT2D eigenvalue weighted by atomic mass is 10.2. The smallest absolute Gasteiger partial charge is 0.407 e. The van der Waals surface area contributed by atoms with Gasteiger partial charge in [0.05, 0.1) is 13.2 Å². The minimum absolute atomic E-state index is 0. The van der Waals surface area contributed by atoms with Gasteiger partial charge in [0.2, 0.25) is 0 Å². The molecule has 0 saturated carbocycles. The molecule has 3 N–H and O–H groups in total. The maximum atomic E-state index is 11.6. The number of hydrogen-bond donors (Lipinski definition) is 3. The Morgan fingerprint density at radius 1 is 1.21 bits per heavy atom. The molecule has 1 saturated heterocycles. The molecule has 0 aromatic heterocycles. The third-order valence-corrected chi connectivity index (χ3v) is 4.20. The third kappa shape index (κ3) is 12.6. The number of rotatable bonds is 10. The lowest BCUT2D eigenvalue weighted by Gasteiger charge is -2.23. The predicted molar refractivity (Wildman–Crippen MR) is 125 cm³/mol. The summed E-state index contributed by atoms with van der Waals surface area (Å²) in [5, 5.41) is 9.37. The second kappa shape index (κ2) is 15.1. The molecule has 9 heteroatoms. The normalized spacial score (nSPS) is 17.8. The number of carbonyl (C=O) groups is 1. The van der Waals surface area contributed by atoms with E-state index in [-0.39, 0.29) is 30.1 Å². The summed E-state index contributed by atoms with van der Waals surface area (Å²) in [7, 11) is 1.74. The van der Waals surface area contributed by atoms with Crippen LogP contribution in [0.25, 0.3) is 0 Å². The summed E-state index contributed by atoms with van der Waals surface area (Å²) in [5.41, 5.74) is -0.468. The maximum absolute atomic E-state index is 11.6. The summed E-state index contributed by atoms with van der Waals surface area (Å²) in [6.07, 6.45) is 2.84. The summed E-state index contributed by atoms with van der Waals surface area (Å²) < 4.78 is 10.4. The molecular formula is C19H40IN5O3. The zero-order chi connectivity index (χ0) is 20.1. The number of alkyl carbamates (subject to hydrolysis) is 1. The summed E-state index contributed by atoms with van der Waals surface area (Å²) in [6.45, 7) is 13.4. The van der Waals surface area contributed by atoms with Gasteiger partial charge in [-0.3, -0.25) is 9.89 Å². The Morgan fingerprint density at radius 3 is 2.57 bits per heavy atom. The quantitative estimate of drug-likeness (QED) is 0.180. The highest BCUT2D eigenvalue weighted by Crippen LogP contribution is 2.16. The molecule has 0 spiro atoms. The lowest BCUT2D eigenvalue weighted by molar-refractivity contribution is 0.0527. The number of aliphatic imine (C=N–C) groups is 1. The largest absolute Gasteiger partial charge is 0.444 e. The van der Waals surface area contributed by atoms with Crippen LogP contribution in [0.5, 0.6) is 0 Å². The number of halogens is 1. The number of guanidine groups is 1. The molecule has 1 amide bonds. The lowest BCUT2D eigenvalue weighted by Crippen LogP contribution is -2.41. The van der Waals surface area contributed by atoms with Crippen molar-refractivity contribution in [3.63, 3.8) is 0 Å². The number of hydrogen-bond acceptors (Lipinski definition) is 5. The molecular weight excluding hydrogens is 473 g/mol. The van der Waals surface area contributed by atoms with Gasteiger partial charge in [-0.1, -0.05) is 0 Å². The van der Waals surface area contributed by atoms with E-state index in [4.69, 9.17) is 14.5 Å². The van der Waals surface area contributed by atoms with E-state index in [1.165, 1.54) is 12.8 Å². The van der Waals surface area contributed by atoms with Crippen molar-refractivity contribution in [2.45, 2.75) is 58.6 Å². The third-order valence-electron chi connectivity index (χ3n) is 4.20. The summed E-state index contributed by atoms with van der Waals surface area (Å²) in [5.74, 6) is 0.827. The van der Waals surface area contributed by atoms with Crippen molar-refractivity contribution in [1.82, 2.24) is 20.9 Å². The first-order valence-electron chi connectivity index (χ1n) is 10.1. The van der Waals surface area contributed by atoms with Crippen molar-refractivity contribution < 1.29 is 14.3 Å². The van der Waals surface area contributed by atoms with Gasteiger partial charge < -0.3 is 25.4 Å². The van der Waals surface area contributed by atoms with E-state index < -0.39 is 5.60 Å². The molecule has 0 aromatic rings. The number of likely N-dealkylation sites (tertiary alicyclic amines) is 1. The number of amides is 1. The Hall–Kier alpha value is -0.810. The highest BCUT2D eigenvalue weighted by Gasteiger charge is 2.23. The van der Waals surface area contributed by atoms with Crippen LogP contribution in [-0.2, 0) is 9.47 Å². The molecule has 1 aliphatic rings. The number of nitrogens with one attached hydrogen (secondary N) is 3. The molecule has 1 atom stereocenters. The highest BCUT2D eigenvalue weighted by molar-refractivity contribution is 14.0. The van der Waals surface area contributed by atoms with Crippen molar-refractivity contribution in [2.24, 2.45) is 4.99 Å². The molecule has 0 aliphatic carbocycles. The van der Waals surface area contributed by atoms with E-state index in [9.17, 15) is 4.79 Å². The van der Waals surface area contributed by atoms with E-state index in [1.807, 2.05) is 20.8 Å². The van der Waals surface area contributed by atoms with E-state index in [1.54, 1.807) is 7.11 Å². The Labute approximate surface area is 187 Å². The Morgan fingerprint density at radius 2 is 1.93 bits per heavy atom. The summed E-state index contributed by atoms with van der Waals surface area (Å²) in [6, 6.07) is 0.490. The van der Waals surface area contributed by atoms with Crippen molar-refractivity contribution in [3.05, 3.63) is 0 Å². The Bertz CT molecular complexity index is 457. The second-order valence-corrected chi connectivity index (χ2v) is 7.75. The van der Waals surface area contributed by atoms with Gasteiger partial charge in [-0.25, -0.2) is 4.79 Å². The number of nitrogens with zero attached hydrogens (tertiary/aromatic N) is 2. The van der Waals surface area contributed by atoms with Crippen LogP contribution in [0.15, 0.2) is 4.99 Å². The second-order valence-electron chi connectivity index (χ2n) is 7.75. The molecule has 1 unspecified atom stereocenters. The van der Waals surface area contributed by atoms with Crippen molar-refractivity contribution in [1.29, 1.82) is 0 Å². The van der Waals surface area contributed by atoms with Crippen LogP contribution in [0, 0.1) is 0 Å². The van der Waals surface area contributed by atoms with E-state index in [0.29, 0.717) is 12.6 Å². The fourth-order valence-corrected chi connectivity index (χ4v) is 2.94. The van der Waals surface area contributed by atoms with Crippen LogP contribution >= 0.6 is 24.0 Å². The van der Waals surface area contributed by atoms with Gasteiger partial charge in [0.15, 0.2) is 5.96 Å². The summed E-state index contributed by atoms with van der Waals surface area (Å²) >= 11 is 0. The monoisotopic (exact) mass is 513 g/mol. The minimum Gasteiger partial charge on any atom is -0.444 e. The van der Waals surface area contributed by atoms with Crippen molar-refractivity contribution in [3.8, 4) is 0 Å². The average molecular weight is 513 g/mol. The number of carbonyl (C=O) groups excluding carboxylic acids is 1. The van der Waals surface area contributed by atoms with Crippen molar-refractivity contribution >= 4 is 36.0 Å². The standard InChI is InChI=1S/C19H39N5O3.HI/c1-6-20-17(21-10-8-11-22-18(25)27-19(2,3)4)23-15-16-9-7-12-24(16)13-14-26-5;/h16H,6-15H2,1-5H3,(H,22,25)(H2,20,21,23);1H. The molecule has 0 radical (unpaired) electrons. The first kappa shape index (κ1) is 27.2. The van der Waals surface area contributed by atoms with Crippen LogP contribution in [0.1, 0.15) is 47.0 Å². The van der Waals surface area contributed by atoms with Gasteiger partial charge in [0, 0.05) is 39.3 Å². The average Bonchev–Trinajstić information content (AvgIpc) is 3.03. The first-order valence-corrected chi connectivity index (χ1v) is 10.1. The number of ether oxygens (including phenoxy) is 2. The fraction of sp³-hybridized carbons (Fsp3) is 0.895. The Balaban J connectivity index is 0.00000729. The molecule has 1 fully saturated rings. The van der Waals surface area contributed by atoms with Gasteiger partial charge in [-0.15, -0.1) is 24.0 Å². The van der Waals surface area contributed by atoms with Crippen LogP contribution in [-0.4, -0.2) is 81.6 Å². The van der Waals surface area contributed by atoms with E-state index in [0.717, 1.165) is 51.7 Å². The summed E-state index contributed by atoms with van der Waals surface area (Å²) in [4.78, 5) is 18.8. The van der Waals surface area contributed by atoms with Gasteiger partial charge in [-0.2, -0.15) is 0 Å². The van der Waals surface area contributed by atoms with Gasteiger partial charge in [-0.05, 0) is 53.5 Å². The molecule has 166 valence electrons.